The number of nitriles is 1. The second kappa shape index (κ2) is 9.35. The van der Waals surface area contributed by atoms with Crippen molar-refractivity contribution in [1.82, 2.24) is 14.8 Å². The van der Waals surface area contributed by atoms with E-state index in [1.807, 2.05) is 54.2 Å². The highest BCUT2D eigenvalue weighted by atomic mass is 16.3. The quantitative estimate of drug-likeness (QED) is 0.480. The molecule has 7 rings (SSSR count). The van der Waals surface area contributed by atoms with Gasteiger partial charge in [-0.05, 0) is 79.7 Å². The van der Waals surface area contributed by atoms with E-state index < -0.39 is 0 Å². The van der Waals surface area contributed by atoms with Gasteiger partial charge in [0, 0.05) is 55.7 Å². The lowest BCUT2D eigenvalue weighted by Crippen LogP contribution is -2.59. The number of carbonyl (C=O) groups is 1. The molecular weight excluding hydrogens is 498 g/mol. The Hall–Kier alpha value is -3.89. The summed E-state index contributed by atoms with van der Waals surface area (Å²) in [4.78, 5) is 24.2. The number of pyridine rings is 1. The van der Waals surface area contributed by atoms with Crippen molar-refractivity contribution in [2.75, 3.05) is 51.7 Å². The van der Waals surface area contributed by atoms with Gasteiger partial charge < -0.3 is 19.8 Å². The largest absolute Gasteiger partial charge is 0.508 e. The number of aromatic hydroxyl groups is 1. The zero-order valence-corrected chi connectivity index (χ0v) is 23.2. The fourth-order valence-electron chi connectivity index (χ4n) is 7.32. The van der Waals surface area contributed by atoms with Gasteiger partial charge in [-0.25, -0.2) is 4.98 Å². The van der Waals surface area contributed by atoms with Gasteiger partial charge in [-0.1, -0.05) is 30.3 Å². The molecule has 204 valence electrons. The SMILES string of the molecule is CN(C)CC=CC(=O)N1CC2(CCN(c3nc4c(c(-c5cc(O)cc6ccccc56)c3C#N)CC[C@H]3C[C@@H]43)C2)C1. The molecule has 4 aliphatic rings. The fraction of sp³-hybridized carbons (Fsp3) is 0.424. The van der Waals surface area contributed by atoms with Crippen molar-refractivity contribution >= 4 is 22.5 Å². The molecule has 1 aromatic heterocycles. The Morgan fingerprint density at radius 3 is 2.88 bits per heavy atom. The molecule has 3 aromatic rings. The average molecular weight is 534 g/mol. The number of phenols is 1. The number of amides is 1. The molecule has 2 aromatic carbocycles. The van der Waals surface area contributed by atoms with Gasteiger partial charge in [-0.15, -0.1) is 0 Å². The molecule has 1 amide bonds. The molecule has 1 spiro atoms. The monoisotopic (exact) mass is 533 g/mol. The summed E-state index contributed by atoms with van der Waals surface area (Å²) in [5.41, 5.74) is 4.89. The van der Waals surface area contributed by atoms with Gasteiger partial charge in [0.15, 0.2) is 0 Å². The van der Waals surface area contributed by atoms with Gasteiger partial charge in [-0.3, -0.25) is 4.79 Å². The third-order valence-electron chi connectivity index (χ3n) is 9.41. The van der Waals surface area contributed by atoms with Gasteiger partial charge in [0.25, 0.3) is 0 Å². The summed E-state index contributed by atoms with van der Waals surface area (Å²) in [5.74, 6) is 2.24. The maximum absolute atomic E-state index is 12.7. The number of likely N-dealkylation sites (tertiary alicyclic amines) is 1. The highest BCUT2D eigenvalue weighted by Crippen LogP contribution is 2.57. The molecule has 2 atom stereocenters. The van der Waals surface area contributed by atoms with Crippen LogP contribution in [0.5, 0.6) is 5.75 Å². The third-order valence-corrected chi connectivity index (χ3v) is 9.41. The molecule has 0 radical (unpaired) electrons. The van der Waals surface area contributed by atoms with Gasteiger partial charge in [0.1, 0.15) is 23.2 Å². The van der Waals surface area contributed by atoms with Gasteiger partial charge in [0.2, 0.25) is 5.91 Å². The minimum absolute atomic E-state index is 0.0509. The van der Waals surface area contributed by atoms with Gasteiger partial charge in [0.05, 0.1) is 5.69 Å². The van der Waals surface area contributed by atoms with Crippen LogP contribution in [0.4, 0.5) is 5.82 Å². The Bertz CT molecular complexity index is 1600. The molecular formula is C33H35N5O2. The predicted molar refractivity (Wildman–Crippen MR) is 156 cm³/mol. The van der Waals surface area contributed by atoms with E-state index in [1.165, 1.54) is 12.0 Å². The van der Waals surface area contributed by atoms with E-state index >= 15 is 0 Å². The molecule has 7 heteroatoms. The van der Waals surface area contributed by atoms with Gasteiger partial charge >= 0.3 is 0 Å². The standard InChI is InChI=1S/C33H35N5O2/c1-36(2)12-5-8-29(40)38-19-33(20-38)11-13-37(18-33)32-28(17-34)30(25-10-9-22-15-26(22)31(25)35-32)27-16-23(39)14-21-6-3-4-7-24(21)27/h3-8,14,16,22,26,39H,9-13,15,18-20H2,1-2H3/t22-,26+/m0/s1. The van der Waals surface area contributed by atoms with Crippen LogP contribution in [-0.4, -0.2) is 72.6 Å². The Kier molecular flexibility index (Phi) is 5.87. The summed E-state index contributed by atoms with van der Waals surface area (Å²) < 4.78 is 0. The highest BCUT2D eigenvalue weighted by molar-refractivity contribution is 6.01. The minimum Gasteiger partial charge on any atom is -0.508 e. The maximum Gasteiger partial charge on any atom is 0.246 e. The van der Waals surface area contributed by atoms with Crippen LogP contribution < -0.4 is 4.90 Å². The number of carbonyl (C=O) groups excluding carboxylic acids is 1. The molecule has 0 bridgehead atoms. The van der Waals surface area contributed by atoms with Crippen molar-refractivity contribution in [3.8, 4) is 22.9 Å². The molecule has 7 nitrogen and oxygen atoms in total. The lowest BCUT2D eigenvalue weighted by Gasteiger charge is -2.47. The summed E-state index contributed by atoms with van der Waals surface area (Å²) in [5, 5.41) is 23.3. The second-order valence-corrected chi connectivity index (χ2v) is 12.5. The first kappa shape index (κ1) is 25.1. The first-order valence-electron chi connectivity index (χ1n) is 14.4. The van der Waals surface area contributed by atoms with Crippen LogP contribution in [-0.2, 0) is 11.2 Å². The predicted octanol–water partition coefficient (Wildman–Crippen LogP) is 4.69. The first-order chi connectivity index (χ1) is 19.4. The van der Waals surface area contributed by atoms with Crippen molar-refractivity contribution in [3.05, 3.63) is 65.4 Å². The maximum atomic E-state index is 12.7. The average Bonchev–Trinajstić information content (AvgIpc) is 3.59. The van der Waals surface area contributed by atoms with E-state index in [0.29, 0.717) is 17.4 Å². The summed E-state index contributed by atoms with van der Waals surface area (Å²) in [6.45, 7) is 3.87. The van der Waals surface area contributed by atoms with Crippen LogP contribution in [0.15, 0.2) is 48.6 Å². The number of nitrogens with zero attached hydrogens (tertiary/aromatic N) is 5. The van der Waals surface area contributed by atoms with E-state index in [4.69, 9.17) is 4.98 Å². The number of fused-ring (bicyclic) bond motifs is 4. The van der Waals surface area contributed by atoms with E-state index in [1.54, 1.807) is 12.1 Å². The van der Waals surface area contributed by atoms with E-state index in [0.717, 1.165) is 85.4 Å². The van der Waals surface area contributed by atoms with Crippen LogP contribution in [0, 0.1) is 22.7 Å². The Morgan fingerprint density at radius 2 is 2.08 bits per heavy atom. The van der Waals surface area contributed by atoms with Crippen molar-refractivity contribution in [2.45, 2.75) is 31.6 Å². The van der Waals surface area contributed by atoms with E-state index in [9.17, 15) is 15.2 Å². The molecule has 1 N–H and O–H groups in total. The minimum atomic E-state index is 0.0509. The number of anilines is 1. The fourth-order valence-corrected chi connectivity index (χ4v) is 7.32. The smallest absolute Gasteiger partial charge is 0.246 e. The molecule has 40 heavy (non-hydrogen) atoms. The molecule has 2 aliphatic heterocycles. The van der Waals surface area contributed by atoms with E-state index in [2.05, 4.69) is 17.0 Å². The molecule has 0 unspecified atom stereocenters. The zero-order valence-electron chi connectivity index (χ0n) is 23.2. The second-order valence-electron chi connectivity index (χ2n) is 12.5. The van der Waals surface area contributed by atoms with Crippen molar-refractivity contribution < 1.29 is 9.90 Å². The number of rotatable bonds is 5. The van der Waals surface area contributed by atoms with Crippen LogP contribution in [0.2, 0.25) is 0 Å². The van der Waals surface area contributed by atoms with Crippen molar-refractivity contribution in [2.24, 2.45) is 11.3 Å². The Morgan fingerprint density at radius 1 is 1.25 bits per heavy atom. The van der Waals surface area contributed by atoms with E-state index in [-0.39, 0.29) is 17.1 Å². The van der Waals surface area contributed by atoms with Crippen molar-refractivity contribution in [3.63, 3.8) is 0 Å². The first-order valence-corrected chi connectivity index (χ1v) is 14.4. The normalized spacial score (nSPS) is 22.4. The highest BCUT2D eigenvalue weighted by Gasteiger charge is 2.50. The summed E-state index contributed by atoms with van der Waals surface area (Å²) in [6.07, 6.45) is 7.82. The molecule has 3 fully saturated rings. The number of benzene rings is 2. The van der Waals surface area contributed by atoms with Crippen molar-refractivity contribution in [1.29, 1.82) is 5.26 Å². The van der Waals surface area contributed by atoms with Crippen LogP contribution >= 0.6 is 0 Å². The number of hydrogen-bond acceptors (Lipinski definition) is 6. The van der Waals surface area contributed by atoms with Crippen LogP contribution in [0.3, 0.4) is 0 Å². The number of aromatic nitrogens is 1. The lowest BCUT2D eigenvalue weighted by atomic mass is 9.79. The summed E-state index contributed by atoms with van der Waals surface area (Å²) in [6, 6.07) is 14.3. The molecule has 2 saturated heterocycles. The Labute approximate surface area is 235 Å². The molecule has 2 aliphatic carbocycles. The van der Waals surface area contributed by atoms with Gasteiger partial charge in [-0.2, -0.15) is 5.26 Å². The van der Waals surface area contributed by atoms with Crippen LogP contribution in [0.25, 0.3) is 21.9 Å². The number of hydrogen-bond donors (Lipinski definition) is 1. The topological polar surface area (TPSA) is 83.7 Å². The third kappa shape index (κ3) is 4.13. The molecule has 3 heterocycles. The summed E-state index contributed by atoms with van der Waals surface area (Å²) >= 11 is 0. The Balaban J connectivity index is 1.25. The van der Waals surface area contributed by atoms with Crippen LogP contribution in [0.1, 0.15) is 42.0 Å². The summed E-state index contributed by atoms with van der Waals surface area (Å²) in [7, 11) is 3.98. The number of likely N-dealkylation sites (N-methyl/N-ethyl adjacent to an activating group) is 1. The molecule has 1 saturated carbocycles. The lowest BCUT2D eigenvalue weighted by molar-refractivity contribution is -0.136. The zero-order chi connectivity index (χ0) is 27.6. The number of phenolic OH excluding ortho intramolecular Hbond substituents is 1.